The molecule has 0 atom stereocenters. The number of hydrogen-bond donors (Lipinski definition) is 2. The number of aromatic carboxylic acids is 1. The Labute approximate surface area is 114 Å². The number of pyridine rings is 1. The molecule has 20 heavy (non-hydrogen) atoms. The number of fused-ring (bicyclic) bond motifs is 1. The number of carboxylic acids is 1. The second kappa shape index (κ2) is 5.05. The smallest absolute Gasteiger partial charge is 0.371 e. The highest BCUT2D eigenvalue weighted by Gasteiger charge is 2.12. The van der Waals surface area contributed by atoms with Gasteiger partial charge in [-0.15, -0.1) is 0 Å². The number of carbonyl (C=O) groups is 1. The van der Waals surface area contributed by atoms with E-state index in [4.69, 9.17) is 9.52 Å². The molecule has 0 spiro atoms. The molecule has 5 heteroatoms. The molecule has 2 aromatic heterocycles. The number of rotatable bonds is 4. The predicted octanol–water partition coefficient (Wildman–Crippen LogP) is 3.14. The summed E-state index contributed by atoms with van der Waals surface area (Å²) in [5.41, 5.74) is 2.46. The Hall–Kier alpha value is -2.82. The molecule has 0 aliphatic carbocycles. The second-order valence-corrected chi connectivity index (χ2v) is 4.34. The summed E-state index contributed by atoms with van der Waals surface area (Å²) in [4.78, 5) is 15.0. The van der Waals surface area contributed by atoms with Crippen LogP contribution in [-0.4, -0.2) is 16.1 Å². The SMILES string of the molecule is O=C(O)c1cc2c(CNc3cccnc3)cccc2o1. The van der Waals surface area contributed by atoms with Gasteiger partial charge in [0.1, 0.15) is 5.58 Å². The summed E-state index contributed by atoms with van der Waals surface area (Å²) in [6.45, 7) is 0.571. The molecule has 0 fully saturated rings. The van der Waals surface area contributed by atoms with Gasteiger partial charge in [0, 0.05) is 24.3 Å². The van der Waals surface area contributed by atoms with Crippen molar-refractivity contribution in [1.29, 1.82) is 0 Å². The van der Waals surface area contributed by atoms with E-state index < -0.39 is 5.97 Å². The molecule has 0 aliphatic heterocycles. The lowest BCUT2D eigenvalue weighted by molar-refractivity contribution is 0.0665. The van der Waals surface area contributed by atoms with E-state index in [0.29, 0.717) is 12.1 Å². The first-order chi connectivity index (χ1) is 9.74. The minimum absolute atomic E-state index is 0.0474. The summed E-state index contributed by atoms with van der Waals surface area (Å²) in [6, 6.07) is 10.9. The first-order valence-corrected chi connectivity index (χ1v) is 6.12. The van der Waals surface area contributed by atoms with Gasteiger partial charge in [-0.25, -0.2) is 4.79 Å². The van der Waals surface area contributed by atoms with Crippen LogP contribution in [0.15, 0.2) is 53.2 Å². The number of aromatic nitrogens is 1. The van der Waals surface area contributed by atoms with Crippen LogP contribution in [0.1, 0.15) is 16.1 Å². The van der Waals surface area contributed by atoms with Crippen molar-refractivity contribution in [3.63, 3.8) is 0 Å². The fraction of sp³-hybridized carbons (Fsp3) is 0.0667. The van der Waals surface area contributed by atoms with Crippen LogP contribution in [0.4, 0.5) is 5.69 Å². The van der Waals surface area contributed by atoms with Gasteiger partial charge < -0.3 is 14.8 Å². The number of carboxylic acid groups (broad SMARTS) is 1. The highest BCUT2D eigenvalue weighted by molar-refractivity contribution is 5.92. The van der Waals surface area contributed by atoms with Crippen molar-refractivity contribution in [2.24, 2.45) is 0 Å². The minimum Gasteiger partial charge on any atom is -0.475 e. The summed E-state index contributed by atoms with van der Waals surface area (Å²) < 4.78 is 5.28. The van der Waals surface area contributed by atoms with Crippen molar-refractivity contribution in [2.75, 3.05) is 5.32 Å². The third-order valence-corrected chi connectivity index (χ3v) is 3.01. The van der Waals surface area contributed by atoms with Gasteiger partial charge in [0.05, 0.1) is 5.69 Å². The highest BCUT2D eigenvalue weighted by Crippen LogP contribution is 2.24. The summed E-state index contributed by atoms with van der Waals surface area (Å²) in [5.74, 6) is -1.11. The zero-order chi connectivity index (χ0) is 13.9. The molecule has 0 saturated carbocycles. The van der Waals surface area contributed by atoms with Gasteiger partial charge in [0.15, 0.2) is 0 Å². The van der Waals surface area contributed by atoms with E-state index in [1.54, 1.807) is 24.5 Å². The number of anilines is 1. The Bertz CT molecular complexity index is 750. The molecule has 0 unspecified atom stereocenters. The number of nitrogens with zero attached hydrogens (tertiary/aromatic N) is 1. The van der Waals surface area contributed by atoms with Gasteiger partial charge in [-0.05, 0) is 29.8 Å². The third-order valence-electron chi connectivity index (χ3n) is 3.01. The van der Waals surface area contributed by atoms with Crippen LogP contribution in [-0.2, 0) is 6.54 Å². The van der Waals surface area contributed by atoms with Gasteiger partial charge in [0.2, 0.25) is 5.76 Å². The molecule has 2 heterocycles. The molecule has 0 bridgehead atoms. The van der Waals surface area contributed by atoms with Crippen molar-refractivity contribution in [3.8, 4) is 0 Å². The third kappa shape index (κ3) is 2.33. The van der Waals surface area contributed by atoms with Crippen LogP contribution in [0.2, 0.25) is 0 Å². The fourth-order valence-corrected chi connectivity index (χ4v) is 2.05. The zero-order valence-electron chi connectivity index (χ0n) is 10.5. The van der Waals surface area contributed by atoms with Crippen molar-refractivity contribution in [2.45, 2.75) is 6.54 Å². The molecule has 2 N–H and O–H groups in total. The van der Waals surface area contributed by atoms with Gasteiger partial charge in [-0.2, -0.15) is 0 Å². The number of hydrogen-bond acceptors (Lipinski definition) is 4. The van der Waals surface area contributed by atoms with Crippen LogP contribution in [0, 0.1) is 0 Å². The Morgan fingerprint density at radius 1 is 1.30 bits per heavy atom. The molecule has 3 rings (SSSR count). The van der Waals surface area contributed by atoms with Crippen LogP contribution < -0.4 is 5.32 Å². The van der Waals surface area contributed by atoms with E-state index in [0.717, 1.165) is 16.6 Å². The molecular formula is C15H12N2O3. The first-order valence-electron chi connectivity index (χ1n) is 6.12. The molecule has 1 aromatic carbocycles. The molecule has 0 radical (unpaired) electrons. The van der Waals surface area contributed by atoms with Crippen LogP contribution in [0.3, 0.4) is 0 Å². The van der Waals surface area contributed by atoms with E-state index in [1.165, 1.54) is 0 Å². The Morgan fingerprint density at radius 2 is 2.20 bits per heavy atom. The second-order valence-electron chi connectivity index (χ2n) is 4.34. The van der Waals surface area contributed by atoms with Crippen LogP contribution in [0.25, 0.3) is 11.0 Å². The lowest BCUT2D eigenvalue weighted by Crippen LogP contribution is -1.99. The Kier molecular flexibility index (Phi) is 3.09. The standard InChI is InChI=1S/C15H12N2O3/c18-15(19)14-7-12-10(3-1-5-13(12)20-14)8-17-11-4-2-6-16-9-11/h1-7,9,17H,8H2,(H,18,19). The molecule has 0 amide bonds. The summed E-state index contributed by atoms with van der Waals surface area (Å²) in [5, 5.41) is 13.0. The van der Waals surface area contributed by atoms with Gasteiger partial charge in [-0.1, -0.05) is 12.1 Å². The van der Waals surface area contributed by atoms with E-state index in [9.17, 15) is 4.79 Å². The van der Waals surface area contributed by atoms with Crippen molar-refractivity contribution >= 4 is 22.6 Å². The van der Waals surface area contributed by atoms with Crippen LogP contribution in [0.5, 0.6) is 0 Å². The lowest BCUT2D eigenvalue weighted by Gasteiger charge is -2.06. The zero-order valence-corrected chi connectivity index (χ0v) is 10.5. The molecule has 3 aromatic rings. The lowest BCUT2D eigenvalue weighted by atomic mass is 10.1. The maximum Gasteiger partial charge on any atom is 0.371 e. The van der Waals surface area contributed by atoms with E-state index in [-0.39, 0.29) is 5.76 Å². The van der Waals surface area contributed by atoms with E-state index in [1.807, 2.05) is 24.3 Å². The summed E-state index contributed by atoms with van der Waals surface area (Å²) in [6.07, 6.45) is 3.44. The normalized spacial score (nSPS) is 10.6. The molecule has 5 nitrogen and oxygen atoms in total. The van der Waals surface area contributed by atoms with E-state index >= 15 is 0 Å². The quantitative estimate of drug-likeness (QED) is 0.760. The minimum atomic E-state index is -1.06. The molecule has 100 valence electrons. The average molecular weight is 268 g/mol. The maximum atomic E-state index is 10.9. The van der Waals surface area contributed by atoms with Gasteiger partial charge >= 0.3 is 5.97 Å². The number of benzene rings is 1. The number of furan rings is 1. The van der Waals surface area contributed by atoms with Gasteiger partial charge in [-0.3, -0.25) is 4.98 Å². The topological polar surface area (TPSA) is 75.4 Å². The first kappa shape index (κ1) is 12.2. The molecular weight excluding hydrogens is 256 g/mol. The van der Waals surface area contributed by atoms with Crippen molar-refractivity contribution in [1.82, 2.24) is 4.98 Å². The van der Waals surface area contributed by atoms with Crippen molar-refractivity contribution < 1.29 is 14.3 Å². The Morgan fingerprint density at radius 3 is 2.95 bits per heavy atom. The molecule has 0 saturated heterocycles. The van der Waals surface area contributed by atoms with Crippen LogP contribution >= 0.6 is 0 Å². The largest absolute Gasteiger partial charge is 0.475 e. The summed E-state index contributed by atoms with van der Waals surface area (Å²) >= 11 is 0. The molecule has 0 aliphatic rings. The predicted molar refractivity (Wildman–Crippen MR) is 74.7 cm³/mol. The van der Waals surface area contributed by atoms with Gasteiger partial charge in [0.25, 0.3) is 0 Å². The number of nitrogens with one attached hydrogen (secondary N) is 1. The monoisotopic (exact) mass is 268 g/mol. The van der Waals surface area contributed by atoms with Crippen molar-refractivity contribution in [3.05, 3.63) is 60.1 Å². The van der Waals surface area contributed by atoms with E-state index in [2.05, 4.69) is 10.3 Å². The average Bonchev–Trinajstić information content (AvgIpc) is 2.91. The Balaban J connectivity index is 1.89. The maximum absolute atomic E-state index is 10.9. The summed E-state index contributed by atoms with van der Waals surface area (Å²) in [7, 11) is 0. The highest BCUT2D eigenvalue weighted by atomic mass is 16.4. The fourth-order valence-electron chi connectivity index (χ4n) is 2.05.